The third-order valence-electron chi connectivity index (χ3n) is 5.44. The molecule has 1 aliphatic rings. The van der Waals surface area contributed by atoms with Gasteiger partial charge in [0.15, 0.2) is 4.80 Å². The van der Waals surface area contributed by atoms with Gasteiger partial charge in [0, 0.05) is 10.6 Å². The molecule has 0 spiro atoms. The van der Waals surface area contributed by atoms with Crippen LogP contribution in [0.15, 0.2) is 63.5 Å². The minimum atomic E-state index is -0.811. The minimum absolute atomic E-state index is 0.189. The van der Waals surface area contributed by atoms with Crippen LogP contribution in [-0.2, 0) is 9.53 Å². The number of allylic oxidation sites excluding steroid dienone is 1. The molecule has 1 aliphatic heterocycles. The number of methoxy groups -OCH3 is 2. The summed E-state index contributed by atoms with van der Waals surface area (Å²) in [6, 6.07) is 11.7. The van der Waals surface area contributed by atoms with Gasteiger partial charge in [-0.1, -0.05) is 41.1 Å². The summed E-state index contributed by atoms with van der Waals surface area (Å²) < 4.78 is 18.3. The van der Waals surface area contributed by atoms with Gasteiger partial charge in [-0.15, -0.1) is 0 Å². The number of thiazole rings is 1. The van der Waals surface area contributed by atoms with Crippen molar-refractivity contribution in [1.82, 2.24) is 4.57 Å². The molecule has 7 nitrogen and oxygen atoms in total. The van der Waals surface area contributed by atoms with Crippen LogP contribution in [0.4, 0.5) is 0 Å². The molecule has 0 saturated heterocycles. The zero-order valence-electron chi connectivity index (χ0n) is 19.1. The van der Waals surface area contributed by atoms with E-state index in [2.05, 4.69) is 4.99 Å². The predicted octanol–water partition coefficient (Wildman–Crippen LogP) is 3.47. The lowest BCUT2D eigenvalue weighted by Gasteiger charge is -2.26. The number of hydrogen-bond acceptors (Lipinski definition) is 7. The van der Waals surface area contributed by atoms with Gasteiger partial charge >= 0.3 is 5.97 Å². The molecule has 176 valence electrons. The Labute approximate surface area is 205 Å². The fourth-order valence-electron chi connectivity index (χ4n) is 3.87. The zero-order valence-corrected chi connectivity index (χ0v) is 20.7. The van der Waals surface area contributed by atoms with Crippen LogP contribution in [0, 0.1) is 0 Å². The maximum absolute atomic E-state index is 13.7. The van der Waals surface area contributed by atoms with Crippen molar-refractivity contribution >= 4 is 35.0 Å². The molecule has 0 unspecified atom stereocenters. The number of hydrogen-bond donors (Lipinski definition) is 0. The molecule has 0 amide bonds. The van der Waals surface area contributed by atoms with Gasteiger partial charge < -0.3 is 14.2 Å². The molecule has 1 aromatic heterocycles. The topological polar surface area (TPSA) is 79.1 Å². The SMILES string of the molecule is CCOC(=O)C1=C(C)N=c2s/c(=C\c3ccccc3Cl)c(=O)n2[C@@H]1c1cc(OC)ccc1OC. The number of ether oxygens (including phenoxy) is 3. The molecule has 3 aromatic rings. The van der Waals surface area contributed by atoms with Crippen LogP contribution in [0.1, 0.15) is 31.0 Å². The fraction of sp³-hybridized carbons (Fsp3) is 0.240. The molecule has 0 radical (unpaired) electrons. The molecule has 0 saturated carbocycles. The first-order valence-electron chi connectivity index (χ1n) is 10.6. The van der Waals surface area contributed by atoms with E-state index in [-0.39, 0.29) is 17.7 Å². The number of carbonyl (C=O) groups excluding carboxylic acids is 1. The second kappa shape index (κ2) is 9.87. The number of halogens is 1. The van der Waals surface area contributed by atoms with Crippen LogP contribution < -0.4 is 24.4 Å². The highest BCUT2D eigenvalue weighted by atomic mass is 35.5. The van der Waals surface area contributed by atoms with Gasteiger partial charge in [0.1, 0.15) is 17.5 Å². The maximum Gasteiger partial charge on any atom is 0.338 e. The van der Waals surface area contributed by atoms with Gasteiger partial charge in [-0.2, -0.15) is 0 Å². The Morgan fingerprint density at radius 3 is 2.65 bits per heavy atom. The highest BCUT2D eigenvalue weighted by Crippen LogP contribution is 2.37. The largest absolute Gasteiger partial charge is 0.497 e. The highest BCUT2D eigenvalue weighted by Gasteiger charge is 2.35. The summed E-state index contributed by atoms with van der Waals surface area (Å²) in [4.78, 5) is 31.8. The molecule has 2 aromatic carbocycles. The van der Waals surface area contributed by atoms with Crippen molar-refractivity contribution in [3.05, 3.63) is 89.6 Å². The molecule has 2 heterocycles. The van der Waals surface area contributed by atoms with E-state index in [1.807, 2.05) is 18.2 Å². The van der Waals surface area contributed by atoms with Gasteiger partial charge in [-0.25, -0.2) is 9.79 Å². The second-order valence-corrected chi connectivity index (χ2v) is 8.85. The Morgan fingerprint density at radius 2 is 1.97 bits per heavy atom. The Kier molecular flexibility index (Phi) is 6.90. The Hall–Kier alpha value is -3.36. The Morgan fingerprint density at radius 1 is 1.21 bits per heavy atom. The number of carbonyl (C=O) groups is 1. The lowest BCUT2D eigenvalue weighted by molar-refractivity contribution is -0.139. The van der Waals surface area contributed by atoms with Crippen LogP contribution in [-0.4, -0.2) is 31.4 Å². The number of nitrogens with zero attached hydrogens (tertiary/aromatic N) is 2. The van der Waals surface area contributed by atoms with Crippen LogP contribution in [0.2, 0.25) is 5.02 Å². The highest BCUT2D eigenvalue weighted by molar-refractivity contribution is 7.07. The molecule has 0 fully saturated rings. The number of rotatable bonds is 6. The molecule has 4 rings (SSSR count). The fourth-order valence-corrected chi connectivity index (χ4v) is 5.10. The summed E-state index contributed by atoms with van der Waals surface area (Å²) in [5.41, 5.74) is 1.74. The van der Waals surface area contributed by atoms with E-state index < -0.39 is 12.0 Å². The summed E-state index contributed by atoms with van der Waals surface area (Å²) in [5, 5.41) is 0.530. The van der Waals surface area contributed by atoms with Crippen LogP contribution in [0.25, 0.3) is 6.08 Å². The van der Waals surface area contributed by atoms with Crippen LogP contribution >= 0.6 is 22.9 Å². The minimum Gasteiger partial charge on any atom is -0.497 e. The maximum atomic E-state index is 13.7. The van der Waals surface area contributed by atoms with E-state index in [1.165, 1.54) is 23.0 Å². The number of esters is 1. The van der Waals surface area contributed by atoms with Crippen molar-refractivity contribution in [3.8, 4) is 11.5 Å². The standard InChI is InChI=1S/C25H23ClN2O5S/c1-5-33-24(30)21-14(2)27-25-28(22(21)17-13-16(31-3)10-11-19(17)32-4)23(29)20(34-25)12-15-8-6-7-9-18(15)26/h6-13,22H,5H2,1-4H3/b20-12-/t22-/m1/s1. The quantitative estimate of drug-likeness (QED) is 0.486. The van der Waals surface area contributed by atoms with Crippen molar-refractivity contribution in [3.63, 3.8) is 0 Å². The molecule has 0 aliphatic carbocycles. The van der Waals surface area contributed by atoms with Crippen LogP contribution in [0.3, 0.4) is 0 Å². The second-order valence-electron chi connectivity index (χ2n) is 7.43. The molecular formula is C25H23ClN2O5S. The predicted molar refractivity (Wildman–Crippen MR) is 131 cm³/mol. The summed E-state index contributed by atoms with van der Waals surface area (Å²) in [6.07, 6.45) is 1.73. The van der Waals surface area contributed by atoms with Gasteiger partial charge in [0.2, 0.25) is 0 Å². The number of benzene rings is 2. The van der Waals surface area contributed by atoms with Crippen molar-refractivity contribution in [2.45, 2.75) is 19.9 Å². The van der Waals surface area contributed by atoms with E-state index in [1.54, 1.807) is 51.3 Å². The number of fused-ring (bicyclic) bond motifs is 1. The van der Waals surface area contributed by atoms with Gasteiger partial charge in [0.05, 0.1) is 36.6 Å². The van der Waals surface area contributed by atoms with Gasteiger partial charge in [-0.3, -0.25) is 9.36 Å². The van der Waals surface area contributed by atoms with Crippen molar-refractivity contribution in [2.24, 2.45) is 4.99 Å². The molecule has 0 N–H and O–H groups in total. The van der Waals surface area contributed by atoms with E-state index in [0.717, 1.165) is 0 Å². The Balaban J connectivity index is 2.03. The van der Waals surface area contributed by atoms with E-state index >= 15 is 0 Å². The average Bonchev–Trinajstić information content (AvgIpc) is 3.13. The lowest BCUT2D eigenvalue weighted by Crippen LogP contribution is -2.40. The average molecular weight is 499 g/mol. The van der Waals surface area contributed by atoms with Crippen molar-refractivity contribution in [2.75, 3.05) is 20.8 Å². The van der Waals surface area contributed by atoms with E-state index in [9.17, 15) is 9.59 Å². The lowest BCUT2D eigenvalue weighted by atomic mass is 9.94. The van der Waals surface area contributed by atoms with Crippen molar-refractivity contribution < 1.29 is 19.0 Å². The van der Waals surface area contributed by atoms with E-state index in [0.29, 0.717) is 42.7 Å². The molecule has 9 heteroatoms. The first-order chi connectivity index (χ1) is 16.4. The monoisotopic (exact) mass is 498 g/mol. The smallest absolute Gasteiger partial charge is 0.338 e. The van der Waals surface area contributed by atoms with Crippen molar-refractivity contribution in [1.29, 1.82) is 0 Å². The molecule has 1 atom stereocenters. The summed E-state index contributed by atoms with van der Waals surface area (Å²) >= 11 is 7.54. The molecule has 34 heavy (non-hydrogen) atoms. The molecular weight excluding hydrogens is 476 g/mol. The number of aromatic nitrogens is 1. The normalized spacial score (nSPS) is 15.6. The Bertz CT molecular complexity index is 1470. The van der Waals surface area contributed by atoms with E-state index in [4.69, 9.17) is 25.8 Å². The van der Waals surface area contributed by atoms with Gasteiger partial charge in [-0.05, 0) is 49.8 Å². The molecule has 0 bridgehead atoms. The summed E-state index contributed by atoms with van der Waals surface area (Å²) in [7, 11) is 3.08. The van der Waals surface area contributed by atoms with Crippen LogP contribution in [0.5, 0.6) is 11.5 Å². The first kappa shape index (κ1) is 23.8. The third kappa shape index (κ3) is 4.26. The zero-order chi connectivity index (χ0) is 24.4. The summed E-state index contributed by atoms with van der Waals surface area (Å²) in [5.74, 6) is 0.522. The first-order valence-corrected chi connectivity index (χ1v) is 11.7. The van der Waals surface area contributed by atoms with Gasteiger partial charge in [0.25, 0.3) is 5.56 Å². The summed E-state index contributed by atoms with van der Waals surface area (Å²) in [6.45, 7) is 3.65. The third-order valence-corrected chi connectivity index (χ3v) is 6.77.